The van der Waals surface area contributed by atoms with E-state index in [0.29, 0.717) is 22.9 Å². The zero-order chi connectivity index (χ0) is 12.7. The zero-order valence-electron chi connectivity index (χ0n) is 9.26. The number of thiophene rings is 1. The third-order valence-corrected chi connectivity index (χ3v) is 3.65. The van der Waals surface area contributed by atoms with Gasteiger partial charge in [-0.2, -0.15) is 0 Å². The van der Waals surface area contributed by atoms with Gasteiger partial charge in [-0.25, -0.2) is 0 Å². The Hall–Kier alpha value is -1.21. The number of carbonyl (C=O) groups excluding carboxylic acids is 1. The highest BCUT2D eigenvalue weighted by molar-refractivity contribution is 7.99. The summed E-state index contributed by atoms with van der Waals surface area (Å²) in [5.74, 6) is 0.156. The average Bonchev–Trinajstić information content (AvgIpc) is 2.75. The summed E-state index contributed by atoms with van der Waals surface area (Å²) in [4.78, 5) is 22.5. The summed E-state index contributed by atoms with van der Waals surface area (Å²) in [6.45, 7) is 0.442. The summed E-state index contributed by atoms with van der Waals surface area (Å²) in [6.07, 6.45) is 0. The summed E-state index contributed by atoms with van der Waals surface area (Å²) in [7, 11) is 1.52. The molecule has 0 saturated heterocycles. The SMILES string of the molecule is COc1ccsc1C(=O)NCCSCC(=O)O. The Kier molecular flexibility index (Phi) is 5.85. The van der Waals surface area contributed by atoms with Gasteiger partial charge in [0.05, 0.1) is 12.9 Å². The molecule has 0 atom stereocenters. The van der Waals surface area contributed by atoms with Crippen LogP contribution in [0.4, 0.5) is 0 Å². The highest BCUT2D eigenvalue weighted by Gasteiger charge is 2.12. The Labute approximate surface area is 107 Å². The molecule has 0 saturated carbocycles. The smallest absolute Gasteiger partial charge is 0.313 e. The molecule has 1 amide bonds. The number of amides is 1. The van der Waals surface area contributed by atoms with Crippen molar-refractivity contribution < 1.29 is 19.4 Å². The van der Waals surface area contributed by atoms with Gasteiger partial charge in [-0.3, -0.25) is 9.59 Å². The highest BCUT2D eigenvalue weighted by Crippen LogP contribution is 2.23. The molecule has 0 fully saturated rings. The molecule has 0 aromatic carbocycles. The van der Waals surface area contributed by atoms with Gasteiger partial charge < -0.3 is 15.2 Å². The molecule has 94 valence electrons. The van der Waals surface area contributed by atoms with Gasteiger partial charge in [0.2, 0.25) is 0 Å². The lowest BCUT2D eigenvalue weighted by Crippen LogP contribution is -2.25. The Morgan fingerprint density at radius 3 is 3.00 bits per heavy atom. The number of hydrogen-bond donors (Lipinski definition) is 2. The van der Waals surface area contributed by atoms with Crippen LogP contribution >= 0.6 is 23.1 Å². The van der Waals surface area contributed by atoms with Crippen LogP contribution in [-0.2, 0) is 4.79 Å². The predicted octanol–water partition coefficient (Wildman–Crippen LogP) is 1.30. The second kappa shape index (κ2) is 7.18. The third-order valence-electron chi connectivity index (χ3n) is 1.81. The molecule has 1 rings (SSSR count). The van der Waals surface area contributed by atoms with Crippen LogP contribution in [-0.4, -0.2) is 42.1 Å². The summed E-state index contributed by atoms with van der Waals surface area (Å²) in [5, 5.41) is 12.9. The first-order valence-electron chi connectivity index (χ1n) is 4.84. The minimum absolute atomic E-state index is 0.0538. The van der Waals surface area contributed by atoms with Crippen molar-refractivity contribution in [2.75, 3.05) is 25.2 Å². The fourth-order valence-electron chi connectivity index (χ4n) is 1.10. The van der Waals surface area contributed by atoms with Gasteiger partial charge in [0.1, 0.15) is 10.6 Å². The second-order valence-corrected chi connectivity index (χ2v) is 5.04. The molecule has 0 unspecified atom stereocenters. The molecule has 17 heavy (non-hydrogen) atoms. The fourth-order valence-corrected chi connectivity index (χ4v) is 2.44. The number of nitrogens with one attached hydrogen (secondary N) is 1. The van der Waals surface area contributed by atoms with Crippen LogP contribution in [0, 0.1) is 0 Å². The first-order valence-corrected chi connectivity index (χ1v) is 6.87. The first-order chi connectivity index (χ1) is 8.15. The molecule has 1 aromatic rings. The van der Waals surface area contributed by atoms with Crippen molar-refractivity contribution in [3.63, 3.8) is 0 Å². The highest BCUT2D eigenvalue weighted by atomic mass is 32.2. The Morgan fingerprint density at radius 2 is 2.35 bits per heavy atom. The molecule has 1 heterocycles. The summed E-state index contributed by atoms with van der Waals surface area (Å²) in [6, 6.07) is 1.73. The fraction of sp³-hybridized carbons (Fsp3) is 0.400. The molecule has 0 aliphatic heterocycles. The summed E-state index contributed by atoms with van der Waals surface area (Å²) >= 11 is 2.58. The van der Waals surface area contributed by atoms with E-state index in [-0.39, 0.29) is 11.7 Å². The topological polar surface area (TPSA) is 75.6 Å². The van der Waals surface area contributed by atoms with Crippen molar-refractivity contribution in [3.05, 3.63) is 16.3 Å². The number of carboxylic acids is 1. The molecule has 1 aromatic heterocycles. The maximum Gasteiger partial charge on any atom is 0.313 e. The number of rotatable bonds is 7. The monoisotopic (exact) mass is 275 g/mol. The maximum absolute atomic E-state index is 11.7. The lowest BCUT2D eigenvalue weighted by molar-refractivity contribution is -0.133. The Balaban J connectivity index is 2.28. The van der Waals surface area contributed by atoms with Crippen LogP contribution in [0.5, 0.6) is 5.75 Å². The van der Waals surface area contributed by atoms with E-state index in [1.54, 1.807) is 11.4 Å². The van der Waals surface area contributed by atoms with Gasteiger partial charge in [0, 0.05) is 12.3 Å². The van der Waals surface area contributed by atoms with E-state index in [1.165, 1.54) is 30.2 Å². The lowest BCUT2D eigenvalue weighted by Gasteiger charge is -2.04. The molecule has 5 nitrogen and oxygen atoms in total. The Bertz CT molecular complexity index is 391. The van der Waals surface area contributed by atoms with E-state index in [4.69, 9.17) is 9.84 Å². The van der Waals surface area contributed by atoms with Gasteiger partial charge in [-0.15, -0.1) is 23.1 Å². The summed E-state index contributed by atoms with van der Waals surface area (Å²) < 4.78 is 5.03. The van der Waals surface area contributed by atoms with Crippen molar-refractivity contribution >= 4 is 35.0 Å². The number of methoxy groups -OCH3 is 1. The number of aliphatic carboxylic acids is 1. The molecule has 0 radical (unpaired) electrons. The number of ether oxygens (including phenoxy) is 1. The van der Waals surface area contributed by atoms with E-state index < -0.39 is 5.97 Å². The molecule has 0 spiro atoms. The Morgan fingerprint density at radius 1 is 1.59 bits per heavy atom. The number of carbonyl (C=O) groups is 2. The van der Waals surface area contributed by atoms with Crippen molar-refractivity contribution in [3.8, 4) is 5.75 Å². The predicted molar refractivity (Wildman–Crippen MR) is 68.2 cm³/mol. The second-order valence-electron chi connectivity index (χ2n) is 3.02. The van der Waals surface area contributed by atoms with Crippen LogP contribution in [0.25, 0.3) is 0 Å². The van der Waals surface area contributed by atoms with Crippen LogP contribution in [0.15, 0.2) is 11.4 Å². The maximum atomic E-state index is 11.7. The van der Waals surface area contributed by atoms with Gasteiger partial charge in [-0.05, 0) is 11.4 Å². The van der Waals surface area contributed by atoms with Crippen LogP contribution in [0.3, 0.4) is 0 Å². The van der Waals surface area contributed by atoms with Gasteiger partial charge in [0.25, 0.3) is 5.91 Å². The standard InChI is InChI=1S/C10H13NO4S2/c1-15-7-2-4-17-9(7)10(14)11-3-5-16-6-8(12)13/h2,4H,3,5-6H2,1H3,(H,11,14)(H,12,13). The molecule has 0 aliphatic rings. The van der Waals surface area contributed by atoms with Crippen molar-refractivity contribution in [1.29, 1.82) is 0 Å². The molecule has 7 heteroatoms. The molecular formula is C10H13NO4S2. The van der Waals surface area contributed by atoms with Gasteiger partial charge >= 0.3 is 5.97 Å². The zero-order valence-corrected chi connectivity index (χ0v) is 10.9. The van der Waals surface area contributed by atoms with Crippen molar-refractivity contribution in [1.82, 2.24) is 5.32 Å². The van der Waals surface area contributed by atoms with E-state index in [1.807, 2.05) is 0 Å². The van der Waals surface area contributed by atoms with Crippen LogP contribution in [0.2, 0.25) is 0 Å². The van der Waals surface area contributed by atoms with E-state index in [9.17, 15) is 9.59 Å². The van der Waals surface area contributed by atoms with E-state index >= 15 is 0 Å². The molecule has 2 N–H and O–H groups in total. The minimum atomic E-state index is -0.846. The van der Waals surface area contributed by atoms with Gasteiger partial charge in [-0.1, -0.05) is 0 Å². The first kappa shape index (κ1) is 13.9. The van der Waals surface area contributed by atoms with E-state index in [2.05, 4.69) is 5.32 Å². The van der Waals surface area contributed by atoms with Crippen LogP contribution in [0.1, 0.15) is 9.67 Å². The normalized spacial score (nSPS) is 9.94. The van der Waals surface area contributed by atoms with Crippen molar-refractivity contribution in [2.45, 2.75) is 0 Å². The van der Waals surface area contributed by atoms with Gasteiger partial charge in [0.15, 0.2) is 0 Å². The quantitative estimate of drug-likeness (QED) is 0.734. The largest absolute Gasteiger partial charge is 0.495 e. The van der Waals surface area contributed by atoms with Crippen LogP contribution < -0.4 is 10.1 Å². The number of hydrogen-bond acceptors (Lipinski definition) is 5. The number of carboxylic acid groups (broad SMARTS) is 1. The lowest BCUT2D eigenvalue weighted by atomic mass is 10.4. The summed E-state index contributed by atoms with van der Waals surface area (Å²) in [5.41, 5.74) is 0. The molecule has 0 aliphatic carbocycles. The number of thioether (sulfide) groups is 1. The van der Waals surface area contributed by atoms with E-state index in [0.717, 1.165) is 0 Å². The molecule has 0 bridgehead atoms. The van der Waals surface area contributed by atoms with Crippen molar-refractivity contribution in [2.24, 2.45) is 0 Å². The molecular weight excluding hydrogens is 262 g/mol. The third kappa shape index (κ3) is 4.66. The minimum Gasteiger partial charge on any atom is -0.495 e. The average molecular weight is 275 g/mol.